The van der Waals surface area contributed by atoms with Gasteiger partial charge in [0, 0.05) is 24.7 Å². The molecule has 16 nitrogen and oxygen atoms in total. The smallest absolute Gasteiger partial charge is 0.326 e. The van der Waals surface area contributed by atoms with E-state index in [9.17, 15) is 39.0 Å². The number of aliphatic hydroxyl groups excluding tert-OH is 1. The molecule has 0 aliphatic heterocycles. The number of hydrogen-bond acceptors (Lipinski definition) is 9. The van der Waals surface area contributed by atoms with Crippen LogP contribution < -0.4 is 27.4 Å². The van der Waals surface area contributed by atoms with Crippen LogP contribution in [-0.2, 0) is 35.2 Å². The van der Waals surface area contributed by atoms with Gasteiger partial charge in [-0.25, -0.2) is 9.78 Å². The number of carboxylic acid groups (broad SMARTS) is 2. The van der Waals surface area contributed by atoms with Gasteiger partial charge in [-0.05, 0) is 6.42 Å². The lowest BCUT2D eigenvalue weighted by Crippen LogP contribution is -2.58. The molecular formula is C18H27N7O9. The molecule has 0 aromatic carbocycles. The lowest BCUT2D eigenvalue weighted by atomic mass is 10.1. The minimum absolute atomic E-state index is 0.173. The quantitative estimate of drug-likeness (QED) is 0.114. The number of nitrogens with two attached hydrogens (primary N) is 2. The van der Waals surface area contributed by atoms with Crippen LogP contribution in [0, 0.1) is 0 Å². The van der Waals surface area contributed by atoms with Crippen molar-refractivity contribution >= 4 is 35.6 Å². The van der Waals surface area contributed by atoms with Gasteiger partial charge in [-0.3, -0.25) is 24.0 Å². The lowest BCUT2D eigenvalue weighted by Gasteiger charge is -2.24. The fourth-order valence-corrected chi connectivity index (χ4v) is 2.68. The van der Waals surface area contributed by atoms with Crippen LogP contribution in [-0.4, -0.2) is 91.6 Å². The van der Waals surface area contributed by atoms with Gasteiger partial charge in [0.1, 0.15) is 18.1 Å². The summed E-state index contributed by atoms with van der Waals surface area (Å²) in [5, 5.41) is 34.2. The van der Waals surface area contributed by atoms with E-state index in [0.29, 0.717) is 5.69 Å². The van der Waals surface area contributed by atoms with E-state index < -0.39 is 85.6 Å². The zero-order valence-electron chi connectivity index (χ0n) is 17.9. The van der Waals surface area contributed by atoms with Gasteiger partial charge >= 0.3 is 11.9 Å². The van der Waals surface area contributed by atoms with Gasteiger partial charge in [0.25, 0.3) is 0 Å². The average molecular weight is 485 g/mol. The first-order chi connectivity index (χ1) is 15.9. The molecule has 0 bridgehead atoms. The number of nitrogens with zero attached hydrogens (tertiary/aromatic N) is 1. The van der Waals surface area contributed by atoms with Gasteiger partial charge in [0.2, 0.25) is 23.6 Å². The monoisotopic (exact) mass is 485 g/mol. The summed E-state index contributed by atoms with van der Waals surface area (Å²) in [5.41, 5.74) is 10.8. The Bertz CT molecular complexity index is 890. The summed E-state index contributed by atoms with van der Waals surface area (Å²) >= 11 is 0. The third-order valence-corrected chi connectivity index (χ3v) is 4.45. The standard InChI is InChI=1S/C18H27N7O9/c19-9(4-13(20)27)15(30)25-12(6-26)17(32)23-10(1-2-14(28)29)16(31)24-11(18(33)34)3-8-5-21-7-22-8/h5,7,9-12,26H,1-4,6,19H2,(H2,20,27)(H,21,22)(H,23,32)(H,24,31)(H,25,30)(H,28,29)(H,33,34). The van der Waals surface area contributed by atoms with Crippen molar-refractivity contribution in [2.75, 3.05) is 6.61 Å². The molecule has 0 radical (unpaired) electrons. The summed E-state index contributed by atoms with van der Waals surface area (Å²) < 4.78 is 0. The molecule has 0 saturated carbocycles. The minimum Gasteiger partial charge on any atom is -0.481 e. The summed E-state index contributed by atoms with van der Waals surface area (Å²) in [6.07, 6.45) is 0.983. The highest BCUT2D eigenvalue weighted by Crippen LogP contribution is 2.04. The number of amides is 4. The third kappa shape index (κ3) is 9.61. The van der Waals surface area contributed by atoms with E-state index in [2.05, 4.69) is 25.9 Å². The number of nitrogens with one attached hydrogen (secondary N) is 4. The number of carbonyl (C=O) groups is 6. The number of carboxylic acids is 2. The number of primary amides is 1. The van der Waals surface area contributed by atoms with E-state index in [1.54, 1.807) is 0 Å². The first kappa shape index (κ1) is 28.0. The molecule has 0 aliphatic carbocycles. The van der Waals surface area contributed by atoms with Crippen LogP contribution in [0.15, 0.2) is 12.5 Å². The van der Waals surface area contributed by atoms with Crippen molar-refractivity contribution in [1.29, 1.82) is 0 Å². The molecular weight excluding hydrogens is 458 g/mol. The van der Waals surface area contributed by atoms with Crippen LogP contribution in [0.25, 0.3) is 0 Å². The number of carbonyl (C=O) groups excluding carboxylic acids is 4. The van der Waals surface area contributed by atoms with E-state index >= 15 is 0 Å². The summed E-state index contributed by atoms with van der Waals surface area (Å²) in [5.74, 6) is -6.62. The first-order valence-electron chi connectivity index (χ1n) is 9.92. The number of hydrogen-bond donors (Lipinski definition) is 9. The molecule has 4 amide bonds. The molecule has 0 saturated heterocycles. The molecule has 188 valence electrons. The molecule has 0 aliphatic rings. The van der Waals surface area contributed by atoms with Crippen molar-refractivity contribution in [1.82, 2.24) is 25.9 Å². The van der Waals surface area contributed by atoms with Crippen LogP contribution >= 0.6 is 0 Å². The SMILES string of the molecule is NC(=O)CC(N)C(=O)NC(CO)C(=O)NC(CCC(=O)O)C(=O)NC(Cc1cnc[nH]1)C(=O)O. The van der Waals surface area contributed by atoms with E-state index in [0.717, 1.165) is 0 Å². The number of imidazole rings is 1. The molecule has 34 heavy (non-hydrogen) atoms. The molecule has 4 atom stereocenters. The van der Waals surface area contributed by atoms with Crippen LogP contribution in [0.4, 0.5) is 0 Å². The highest BCUT2D eigenvalue weighted by Gasteiger charge is 2.30. The normalized spacial score (nSPS) is 14.2. The lowest BCUT2D eigenvalue weighted by molar-refractivity contribution is -0.143. The summed E-state index contributed by atoms with van der Waals surface area (Å²) in [6, 6.07) is -5.95. The predicted molar refractivity (Wildman–Crippen MR) is 111 cm³/mol. The molecule has 1 aromatic rings. The second-order valence-corrected chi connectivity index (χ2v) is 7.19. The van der Waals surface area contributed by atoms with Crippen LogP contribution in [0.2, 0.25) is 0 Å². The molecule has 0 fully saturated rings. The predicted octanol–water partition coefficient (Wildman–Crippen LogP) is -4.45. The van der Waals surface area contributed by atoms with Crippen molar-refractivity contribution in [3.05, 3.63) is 18.2 Å². The van der Waals surface area contributed by atoms with Gasteiger partial charge in [-0.2, -0.15) is 0 Å². The highest BCUT2D eigenvalue weighted by atomic mass is 16.4. The van der Waals surface area contributed by atoms with E-state index in [-0.39, 0.29) is 6.42 Å². The fraction of sp³-hybridized carbons (Fsp3) is 0.500. The number of aromatic amines is 1. The maximum atomic E-state index is 12.7. The molecule has 16 heteroatoms. The van der Waals surface area contributed by atoms with Crippen molar-refractivity contribution < 1.29 is 44.1 Å². The van der Waals surface area contributed by atoms with E-state index in [4.69, 9.17) is 16.6 Å². The van der Waals surface area contributed by atoms with Gasteiger partial charge in [0.05, 0.1) is 25.4 Å². The Morgan fingerprint density at radius 2 is 1.56 bits per heavy atom. The Kier molecular flexibility index (Phi) is 11.1. The minimum atomic E-state index is -1.60. The Balaban J connectivity index is 2.90. The summed E-state index contributed by atoms with van der Waals surface area (Å²) in [6.45, 7) is -0.925. The Morgan fingerprint density at radius 3 is 2.06 bits per heavy atom. The number of aliphatic carboxylic acids is 2. The average Bonchev–Trinajstić information content (AvgIpc) is 3.26. The van der Waals surface area contributed by atoms with Crippen LogP contribution in [0.5, 0.6) is 0 Å². The second kappa shape index (κ2) is 13.5. The highest BCUT2D eigenvalue weighted by molar-refractivity contribution is 5.95. The molecule has 1 rings (SSSR count). The number of aromatic nitrogens is 2. The first-order valence-corrected chi connectivity index (χ1v) is 9.92. The maximum Gasteiger partial charge on any atom is 0.326 e. The molecule has 11 N–H and O–H groups in total. The molecule has 1 heterocycles. The topological polar surface area (TPSA) is 280 Å². The van der Waals surface area contributed by atoms with Gasteiger partial charge in [-0.1, -0.05) is 0 Å². The Labute approximate surface area is 192 Å². The van der Waals surface area contributed by atoms with E-state index in [1.807, 2.05) is 0 Å². The maximum absolute atomic E-state index is 12.7. The van der Waals surface area contributed by atoms with Crippen molar-refractivity contribution in [3.8, 4) is 0 Å². The molecule has 0 spiro atoms. The molecule has 4 unspecified atom stereocenters. The largest absolute Gasteiger partial charge is 0.481 e. The van der Waals surface area contributed by atoms with Gasteiger partial charge in [0.15, 0.2) is 0 Å². The van der Waals surface area contributed by atoms with E-state index in [1.165, 1.54) is 12.5 Å². The van der Waals surface area contributed by atoms with Gasteiger partial charge in [-0.15, -0.1) is 0 Å². The van der Waals surface area contributed by atoms with Crippen LogP contribution in [0.1, 0.15) is 25.0 Å². The van der Waals surface area contributed by atoms with Crippen molar-refractivity contribution in [2.45, 2.75) is 49.9 Å². The fourth-order valence-electron chi connectivity index (χ4n) is 2.68. The van der Waals surface area contributed by atoms with Crippen molar-refractivity contribution in [3.63, 3.8) is 0 Å². The van der Waals surface area contributed by atoms with Crippen molar-refractivity contribution in [2.24, 2.45) is 11.5 Å². The number of rotatable bonds is 15. The second-order valence-electron chi connectivity index (χ2n) is 7.19. The molecule has 1 aromatic heterocycles. The Morgan fingerprint density at radius 1 is 0.971 bits per heavy atom. The van der Waals surface area contributed by atoms with Gasteiger partial charge < -0.3 is 47.7 Å². The summed E-state index contributed by atoms with van der Waals surface area (Å²) in [4.78, 5) is 77.0. The number of aliphatic hydroxyl groups is 1. The third-order valence-electron chi connectivity index (χ3n) is 4.45. The zero-order chi connectivity index (χ0) is 25.8. The zero-order valence-corrected chi connectivity index (χ0v) is 17.9. The summed E-state index contributed by atoms with van der Waals surface area (Å²) in [7, 11) is 0. The van der Waals surface area contributed by atoms with Crippen LogP contribution in [0.3, 0.4) is 0 Å². The Hall–Kier alpha value is -4.05. The number of H-pyrrole nitrogens is 1.